The number of nitrogens with zero attached hydrogens (tertiary/aromatic N) is 1. The number of aliphatic carboxylic acids is 1. The molecule has 1 aromatic rings. The maximum absolute atomic E-state index is 13.5. The van der Waals surface area contributed by atoms with Gasteiger partial charge in [-0.15, -0.1) is 0 Å². The van der Waals surface area contributed by atoms with Gasteiger partial charge in [0.2, 0.25) is 11.8 Å². The van der Waals surface area contributed by atoms with E-state index in [0.717, 1.165) is 6.42 Å². The molecular weight excluding hydrogens is 460 g/mol. The van der Waals surface area contributed by atoms with Crippen molar-refractivity contribution >= 4 is 47.9 Å². The van der Waals surface area contributed by atoms with Gasteiger partial charge in [0.15, 0.2) is 0 Å². The van der Waals surface area contributed by atoms with Crippen molar-refractivity contribution in [3.63, 3.8) is 0 Å². The highest BCUT2D eigenvalue weighted by Gasteiger charge is 2.35. The molecule has 0 aliphatic heterocycles. The number of carboxylic acid groups (broad SMARTS) is 1. The van der Waals surface area contributed by atoms with E-state index in [0.29, 0.717) is 23.7 Å². The van der Waals surface area contributed by atoms with E-state index in [4.69, 9.17) is 5.73 Å². The standard InChI is InChI=1S/C23H38N4O4S2/c1-5-15(2)20(25-13-17(24)14-32)21(28)26-16(3)22(29)27(18-9-7-6-8-10-18)19(23(30)31)11-12-33-4/h6-10,15-17,19-20,25,32H,5,11-14,24H2,1-4H3,(H,26,28)(H,30,31)/t15-,16-,17+,19-,20-/m0/s1. The second-order valence-corrected chi connectivity index (χ2v) is 9.47. The normalized spacial score (nSPS) is 15.7. The van der Waals surface area contributed by atoms with Gasteiger partial charge in [0, 0.05) is 24.0 Å². The number of carboxylic acids is 1. The van der Waals surface area contributed by atoms with Gasteiger partial charge >= 0.3 is 5.97 Å². The predicted molar refractivity (Wildman–Crippen MR) is 139 cm³/mol. The number of anilines is 1. The van der Waals surface area contributed by atoms with Gasteiger partial charge in [0.05, 0.1) is 6.04 Å². The van der Waals surface area contributed by atoms with Crippen LogP contribution in [0.1, 0.15) is 33.6 Å². The Hall–Kier alpha value is -1.75. The summed E-state index contributed by atoms with van der Waals surface area (Å²) in [6, 6.07) is 6.01. The zero-order chi connectivity index (χ0) is 25.0. The first-order valence-electron chi connectivity index (χ1n) is 11.2. The fraction of sp³-hybridized carbons (Fsp3) is 0.609. The van der Waals surface area contributed by atoms with E-state index in [1.54, 1.807) is 37.3 Å². The summed E-state index contributed by atoms with van der Waals surface area (Å²) >= 11 is 5.69. The topological polar surface area (TPSA) is 125 Å². The van der Waals surface area contributed by atoms with E-state index in [1.807, 2.05) is 20.1 Å². The number of hydrogen-bond donors (Lipinski definition) is 5. The monoisotopic (exact) mass is 498 g/mol. The summed E-state index contributed by atoms with van der Waals surface area (Å²) in [5, 5.41) is 15.8. The van der Waals surface area contributed by atoms with Gasteiger partial charge in [-0.1, -0.05) is 38.5 Å². The zero-order valence-electron chi connectivity index (χ0n) is 19.9. The van der Waals surface area contributed by atoms with Crippen molar-refractivity contribution in [1.82, 2.24) is 10.6 Å². The second kappa shape index (κ2) is 15.2. The molecule has 0 spiro atoms. The van der Waals surface area contributed by atoms with Gasteiger partial charge in [0.25, 0.3) is 0 Å². The molecule has 1 rings (SSSR count). The lowest BCUT2D eigenvalue weighted by molar-refractivity contribution is -0.140. The summed E-state index contributed by atoms with van der Waals surface area (Å²) in [7, 11) is 0. The summed E-state index contributed by atoms with van der Waals surface area (Å²) in [6.45, 7) is 5.94. The first-order chi connectivity index (χ1) is 15.7. The molecule has 1 aromatic carbocycles. The molecule has 0 aliphatic carbocycles. The van der Waals surface area contributed by atoms with Crippen molar-refractivity contribution < 1.29 is 19.5 Å². The number of carbonyl (C=O) groups is 3. The van der Waals surface area contributed by atoms with Crippen molar-refractivity contribution in [3.05, 3.63) is 30.3 Å². The average molecular weight is 499 g/mol. The number of para-hydroxylation sites is 1. The maximum atomic E-state index is 13.5. The predicted octanol–water partition coefficient (Wildman–Crippen LogP) is 1.99. The summed E-state index contributed by atoms with van der Waals surface area (Å²) < 4.78 is 0. The number of carbonyl (C=O) groups excluding carboxylic acids is 2. The molecule has 0 unspecified atom stereocenters. The fourth-order valence-electron chi connectivity index (χ4n) is 3.35. The van der Waals surface area contributed by atoms with Crippen LogP contribution in [0.3, 0.4) is 0 Å². The summed E-state index contributed by atoms with van der Waals surface area (Å²) in [5.74, 6) is -0.800. The Morgan fingerprint density at radius 1 is 1.21 bits per heavy atom. The van der Waals surface area contributed by atoms with Crippen LogP contribution in [0.5, 0.6) is 0 Å². The quantitative estimate of drug-likeness (QED) is 0.234. The van der Waals surface area contributed by atoms with Gasteiger partial charge in [-0.3, -0.25) is 14.5 Å². The van der Waals surface area contributed by atoms with Crippen molar-refractivity contribution in [1.29, 1.82) is 0 Å². The van der Waals surface area contributed by atoms with E-state index in [9.17, 15) is 19.5 Å². The number of nitrogens with two attached hydrogens (primary N) is 1. The molecule has 0 heterocycles. The zero-order valence-corrected chi connectivity index (χ0v) is 21.6. The number of rotatable bonds is 15. The van der Waals surface area contributed by atoms with Gasteiger partial charge in [-0.05, 0) is 43.4 Å². The SMILES string of the molecule is CC[C@H](C)[C@H](NC[C@@H](N)CS)C(=O)N[C@@H](C)C(=O)N(c1ccccc1)[C@@H](CCSC)C(=O)O. The molecule has 5 atom stereocenters. The third-order valence-electron chi connectivity index (χ3n) is 5.52. The Bertz CT molecular complexity index is 753. The molecule has 0 aliphatic rings. The van der Waals surface area contributed by atoms with Crippen molar-refractivity contribution in [3.8, 4) is 0 Å². The smallest absolute Gasteiger partial charge is 0.326 e. The van der Waals surface area contributed by atoms with E-state index >= 15 is 0 Å². The van der Waals surface area contributed by atoms with Crippen molar-refractivity contribution in [2.24, 2.45) is 11.7 Å². The highest BCUT2D eigenvalue weighted by Crippen LogP contribution is 2.21. The number of amides is 2. The van der Waals surface area contributed by atoms with Crippen molar-refractivity contribution in [2.45, 2.75) is 57.8 Å². The minimum absolute atomic E-state index is 0.0120. The van der Waals surface area contributed by atoms with E-state index in [2.05, 4.69) is 23.3 Å². The lowest BCUT2D eigenvalue weighted by Crippen LogP contribution is -2.57. The lowest BCUT2D eigenvalue weighted by atomic mass is 9.97. The van der Waals surface area contributed by atoms with Gasteiger partial charge in [-0.25, -0.2) is 4.79 Å². The second-order valence-electron chi connectivity index (χ2n) is 8.12. The van der Waals surface area contributed by atoms with Gasteiger partial charge in [0.1, 0.15) is 12.1 Å². The van der Waals surface area contributed by atoms with Crippen LogP contribution in [0.25, 0.3) is 0 Å². The Kier molecular flexibility index (Phi) is 13.5. The molecule has 2 amide bonds. The molecule has 10 heteroatoms. The first kappa shape index (κ1) is 29.3. The molecule has 0 bridgehead atoms. The summed E-state index contributed by atoms with van der Waals surface area (Å²) in [4.78, 5) is 39.9. The summed E-state index contributed by atoms with van der Waals surface area (Å²) in [6.07, 6.45) is 2.93. The fourth-order valence-corrected chi connectivity index (χ4v) is 3.93. The highest BCUT2D eigenvalue weighted by molar-refractivity contribution is 7.98. The summed E-state index contributed by atoms with van der Waals surface area (Å²) in [5.41, 5.74) is 6.41. The van der Waals surface area contributed by atoms with Crippen LogP contribution in [0.2, 0.25) is 0 Å². The molecule has 5 N–H and O–H groups in total. The first-order valence-corrected chi connectivity index (χ1v) is 13.2. The van der Waals surface area contributed by atoms with Crippen LogP contribution in [0.15, 0.2) is 30.3 Å². The van der Waals surface area contributed by atoms with Crippen LogP contribution >= 0.6 is 24.4 Å². The number of benzene rings is 1. The average Bonchev–Trinajstić information content (AvgIpc) is 2.81. The van der Waals surface area contributed by atoms with E-state index in [-0.39, 0.29) is 24.3 Å². The number of thioether (sulfide) groups is 1. The maximum Gasteiger partial charge on any atom is 0.326 e. The third-order valence-corrected chi connectivity index (χ3v) is 6.64. The van der Waals surface area contributed by atoms with Crippen LogP contribution < -0.4 is 21.3 Å². The molecule has 186 valence electrons. The molecular formula is C23H38N4O4S2. The van der Waals surface area contributed by atoms with Crippen LogP contribution in [-0.4, -0.2) is 71.4 Å². The van der Waals surface area contributed by atoms with E-state index < -0.39 is 30.0 Å². The van der Waals surface area contributed by atoms with Crippen LogP contribution in [-0.2, 0) is 14.4 Å². The minimum atomic E-state index is -1.08. The molecule has 0 saturated carbocycles. The molecule has 8 nitrogen and oxygen atoms in total. The highest BCUT2D eigenvalue weighted by atomic mass is 32.2. The van der Waals surface area contributed by atoms with Crippen molar-refractivity contribution in [2.75, 3.05) is 29.2 Å². The number of hydrogen-bond acceptors (Lipinski definition) is 7. The van der Waals surface area contributed by atoms with Crippen LogP contribution in [0, 0.1) is 5.92 Å². The third kappa shape index (κ3) is 9.19. The molecule has 33 heavy (non-hydrogen) atoms. The van der Waals surface area contributed by atoms with E-state index in [1.165, 1.54) is 16.7 Å². The Morgan fingerprint density at radius 2 is 1.85 bits per heavy atom. The Balaban J connectivity index is 3.11. The molecule has 0 fully saturated rings. The van der Waals surface area contributed by atoms with Crippen LogP contribution in [0.4, 0.5) is 5.69 Å². The number of thiol groups is 1. The largest absolute Gasteiger partial charge is 0.480 e. The van der Waals surface area contributed by atoms with Gasteiger partial charge in [-0.2, -0.15) is 24.4 Å². The number of nitrogens with one attached hydrogen (secondary N) is 2. The Labute approximate surface area is 206 Å². The molecule has 0 radical (unpaired) electrons. The minimum Gasteiger partial charge on any atom is -0.480 e. The molecule has 0 aromatic heterocycles. The Morgan fingerprint density at radius 3 is 2.36 bits per heavy atom. The van der Waals surface area contributed by atoms with Gasteiger partial charge < -0.3 is 21.5 Å². The lowest BCUT2D eigenvalue weighted by Gasteiger charge is -2.32. The molecule has 0 saturated heterocycles.